The van der Waals surface area contributed by atoms with Gasteiger partial charge in [0, 0.05) is 17.4 Å². The molecule has 0 spiro atoms. The Hall–Kier alpha value is -2.28. The summed E-state index contributed by atoms with van der Waals surface area (Å²) in [4.78, 5) is 20.0. The topological polar surface area (TPSA) is 36.4 Å². The number of benzene rings is 1. The molecule has 7 heteroatoms. The zero-order valence-corrected chi connectivity index (χ0v) is 16.8. The zero-order chi connectivity index (χ0) is 19.8. The molecule has 2 heterocycles. The number of carbonyl (C=O) groups excluding carboxylic acids is 1. The lowest BCUT2D eigenvalue weighted by Gasteiger charge is -2.24. The number of nitrogens with zero attached hydrogens (tertiary/aromatic N) is 3. The predicted octanol–water partition coefficient (Wildman–Crippen LogP) is 5.16. The van der Waals surface area contributed by atoms with Crippen LogP contribution in [0.1, 0.15) is 17.5 Å². The van der Waals surface area contributed by atoms with E-state index in [1.54, 1.807) is 17.0 Å². The lowest BCUT2D eigenvalue weighted by Crippen LogP contribution is -2.27. The predicted molar refractivity (Wildman–Crippen MR) is 107 cm³/mol. The zero-order valence-electron chi connectivity index (χ0n) is 15.2. The average Bonchev–Trinajstić information content (AvgIpc) is 3.00. The van der Waals surface area contributed by atoms with Crippen LogP contribution in [0.4, 0.5) is 26.0 Å². The molecule has 3 rings (SSSR count). The molecule has 0 atom stereocenters. The van der Waals surface area contributed by atoms with Gasteiger partial charge in [-0.3, -0.25) is 9.69 Å². The van der Waals surface area contributed by atoms with Gasteiger partial charge in [-0.2, -0.15) is 0 Å². The Morgan fingerprint density at radius 2 is 2.07 bits per heavy atom. The third-order valence-corrected chi connectivity index (χ3v) is 5.46. The molecule has 1 aliphatic rings. The van der Waals surface area contributed by atoms with Gasteiger partial charge in [0.15, 0.2) is 0 Å². The minimum Gasteiger partial charge on any atom is -0.364 e. The minimum absolute atomic E-state index is 0.160. The van der Waals surface area contributed by atoms with Gasteiger partial charge in [0.25, 0.3) is 11.8 Å². The number of aromatic nitrogens is 1. The molecule has 4 nitrogen and oxygen atoms in total. The van der Waals surface area contributed by atoms with Crippen molar-refractivity contribution in [2.75, 3.05) is 22.9 Å². The van der Waals surface area contributed by atoms with Gasteiger partial charge in [-0.25, -0.2) is 13.8 Å². The second-order valence-corrected chi connectivity index (χ2v) is 7.52. The molecule has 1 fully saturated rings. The van der Waals surface area contributed by atoms with Gasteiger partial charge >= 0.3 is 0 Å². The van der Waals surface area contributed by atoms with E-state index in [1.165, 1.54) is 17.2 Å². The number of anilines is 3. The normalized spacial score (nSPS) is 15.7. The molecule has 2 aromatic rings. The third-order valence-electron chi connectivity index (χ3n) is 4.61. The smallest absolute Gasteiger partial charge is 0.266 e. The molecule has 1 aromatic carbocycles. The van der Waals surface area contributed by atoms with Crippen LogP contribution in [0.3, 0.4) is 0 Å². The molecule has 1 amide bonds. The van der Waals surface area contributed by atoms with Crippen molar-refractivity contribution >= 4 is 39.0 Å². The van der Waals surface area contributed by atoms with Crippen molar-refractivity contribution in [1.82, 2.24) is 4.98 Å². The highest BCUT2D eigenvalue weighted by atomic mass is 79.9. The molecule has 0 aliphatic carbocycles. The van der Waals surface area contributed by atoms with E-state index < -0.39 is 5.92 Å². The quantitative estimate of drug-likeness (QED) is 0.622. The highest BCUT2D eigenvalue weighted by molar-refractivity contribution is 9.10. The van der Waals surface area contributed by atoms with E-state index in [0.29, 0.717) is 17.2 Å². The lowest BCUT2D eigenvalue weighted by atomic mass is 10.1. The second-order valence-electron chi connectivity index (χ2n) is 6.67. The van der Waals surface area contributed by atoms with Crippen LogP contribution in [0.2, 0.25) is 0 Å². The van der Waals surface area contributed by atoms with Crippen LogP contribution in [-0.4, -0.2) is 29.9 Å². The van der Waals surface area contributed by atoms with Crippen molar-refractivity contribution in [1.29, 1.82) is 0 Å². The van der Waals surface area contributed by atoms with Gasteiger partial charge in [-0.05, 0) is 55.3 Å². The molecule has 1 aromatic heterocycles. The number of halogens is 3. The van der Waals surface area contributed by atoms with E-state index in [0.717, 1.165) is 15.6 Å². The van der Waals surface area contributed by atoms with Crippen LogP contribution in [0.15, 0.2) is 47.6 Å². The number of alkyl halides is 2. The summed E-state index contributed by atoms with van der Waals surface area (Å²) in [6.45, 7) is 7.40. The first-order chi connectivity index (χ1) is 12.7. The first kappa shape index (κ1) is 19.5. The number of pyridine rings is 1. The molecule has 0 radical (unpaired) electrons. The van der Waals surface area contributed by atoms with Crippen molar-refractivity contribution in [2.45, 2.75) is 26.2 Å². The fourth-order valence-corrected chi connectivity index (χ4v) is 3.56. The monoisotopic (exact) mass is 435 g/mol. The van der Waals surface area contributed by atoms with Crippen LogP contribution < -0.4 is 9.80 Å². The van der Waals surface area contributed by atoms with E-state index >= 15 is 0 Å². The molecule has 0 unspecified atom stereocenters. The Bertz CT molecular complexity index is 884. The molecule has 1 aliphatic heterocycles. The molecule has 0 saturated carbocycles. The summed E-state index contributed by atoms with van der Waals surface area (Å²) in [5.74, 6) is -2.57. The molecular formula is C20H20BrF2N3O. The SMILES string of the molecule is C=CC(=O)N(c1ccc(N2CCC(F)(F)C2)cn1)c1cc(C)c(Br)cc1C. The van der Waals surface area contributed by atoms with Crippen LogP contribution >= 0.6 is 15.9 Å². The lowest BCUT2D eigenvalue weighted by molar-refractivity contribution is -0.113. The number of carbonyl (C=O) groups is 1. The van der Waals surface area contributed by atoms with Gasteiger partial charge in [0.1, 0.15) is 5.82 Å². The van der Waals surface area contributed by atoms with E-state index in [4.69, 9.17) is 0 Å². The Morgan fingerprint density at radius 1 is 1.33 bits per heavy atom. The van der Waals surface area contributed by atoms with Gasteiger partial charge in [-0.1, -0.05) is 22.5 Å². The summed E-state index contributed by atoms with van der Waals surface area (Å²) in [7, 11) is 0. The van der Waals surface area contributed by atoms with E-state index in [1.807, 2.05) is 26.0 Å². The first-order valence-electron chi connectivity index (χ1n) is 8.54. The Labute approximate surface area is 165 Å². The molecular weight excluding hydrogens is 416 g/mol. The number of aryl methyl sites for hydroxylation is 2. The highest BCUT2D eigenvalue weighted by Gasteiger charge is 2.38. The standard InChI is InChI=1S/C20H20BrF2N3O/c1-4-19(27)26(17-10-13(2)16(21)9-14(17)3)18-6-5-15(11-24-18)25-8-7-20(22,23)12-25/h4-6,9-11H,1,7-8,12H2,2-3H3. The van der Waals surface area contributed by atoms with Gasteiger partial charge < -0.3 is 4.90 Å². The van der Waals surface area contributed by atoms with E-state index in [2.05, 4.69) is 27.5 Å². The Kier molecular flexibility index (Phi) is 5.33. The summed E-state index contributed by atoms with van der Waals surface area (Å²) in [5.41, 5.74) is 3.19. The van der Waals surface area contributed by atoms with Crippen molar-refractivity contribution in [3.63, 3.8) is 0 Å². The third kappa shape index (κ3) is 4.03. The minimum atomic E-state index is -2.67. The molecule has 27 heavy (non-hydrogen) atoms. The number of hydrogen-bond donors (Lipinski definition) is 0. The maximum Gasteiger partial charge on any atom is 0.266 e. The van der Waals surface area contributed by atoms with Gasteiger partial charge in [-0.15, -0.1) is 0 Å². The molecule has 0 bridgehead atoms. The molecule has 1 saturated heterocycles. The number of hydrogen-bond acceptors (Lipinski definition) is 3. The Morgan fingerprint density at radius 3 is 2.63 bits per heavy atom. The number of amides is 1. The van der Waals surface area contributed by atoms with Crippen LogP contribution in [0.25, 0.3) is 0 Å². The maximum atomic E-state index is 13.4. The van der Waals surface area contributed by atoms with Crippen molar-refractivity contribution in [2.24, 2.45) is 0 Å². The summed E-state index contributed by atoms with van der Waals surface area (Å²) in [6.07, 6.45) is 2.60. The van der Waals surface area contributed by atoms with Crippen LogP contribution in [0, 0.1) is 13.8 Å². The Balaban J connectivity index is 1.96. The highest BCUT2D eigenvalue weighted by Crippen LogP contribution is 2.34. The largest absolute Gasteiger partial charge is 0.364 e. The van der Waals surface area contributed by atoms with Crippen molar-refractivity contribution in [3.8, 4) is 0 Å². The summed E-state index contributed by atoms with van der Waals surface area (Å²) >= 11 is 3.49. The second kappa shape index (κ2) is 7.38. The molecule has 142 valence electrons. The van der Waals surface area contributed by atoms with Crippen LogP contribution in [0.5, 0.6) is 0 Å². The van der Waals surface area contributed by atoms with E-state index in [9.17, 15) is 13.6 Å². The fraction of sp³-hybridized carbons (Fsp3) is 0.300. The number of rotatable bonds is 4. The van der Waals surface area contributed by atoms with Gasteiger partial charge in [0.05, 0.1) is 24.1 Å². The molecule has 0 N–H and O–H groups in total. The summed E-state index contributed by atoms with van der Waals surface area (Å²) in [6, 6.07) is 7.23. The van der Waals surface area contributed by atoms with Crippen LogP contribution in [-0.2, 0) is 4.79 Å². The first-order valence-corrected chi connectivity index (χ1v) is 9.33. The maximum absolute atomic E-state index is 13.4. The van der Waals surface area contributed by atoms with E-state index in [-0.39, 0.29) is 25.4 Å². The van der Waals surface area contributed by atoms with Crippen molar-refractivity contribution in [3.05, 3.63) is 58.7 Å². The summed E-state index contributed by atoms with van der Waals surface area (Å²) < 4.78 is 27.8. The fourth-order valence-electron chi connectivity index (χ4n) is 3.11. The van der Waals surface area contributed by atoms with Gasteiger partial charge in [0.2, 0.25) is 0 Å². The summed E-state index contributed by atoms with van der Waals surface area (Å²) in [5, 5.41) is 0. The van der Waals surface area contributed by atoms with Crippen molar-refractivity contribution < 1.29 is 13.6 Å². The average molecular weight is 436 g/mol.